The molecule has 0 aliphatic rings. The van der Waals surface area contributed by atoms with E-state index in [9.17, 15) is 4.39 Å². The van der Waals surface area contributed by atoms with E-state index in [0.29, 0.717) is 11.6 Å². The lowest BCUT2D eigenvalue weighted by molar-refractivity contribution is 0.285. The number of hydrogen-bond donors (Lipinski definition) is 0. The summed E-state index contributed by atoms with van der Waals surface area (Å²) in [4.78, 5) is 3.75. The lowest BCUT2D eigenvalue weighted by Gasteiger charge is -2.03. The number of halogens is 2. The van der Waals surface area contributed by atoms with Gasteiger partial charge >= 0.3 is 0 Å². The Morgan fingerprint density at radius 1 is 1.47 bits per heavy atom. The zero-order valence-electron chi connectivity index (χ0n) is 7.48. The van der Waals surface area contributed by atoms with E-state index in [4.69, 9.17) is 16.3 Å². The summed E-state index contributed by atoms with van der Waals surface area (Å²) in [6.45, 7) is 0.123. The third-order valence-electron chi connectivity index (χ3n) is 1.67. The van der Waals surface area contributed by atoms with Crippen molar-refractivity contribution >= 4 is 11.6 Å². The number of ether oxygens (including phenoxy) is 1. The monoisotopic (exact) mass is 228 g/mol. The summed E-state index contributed by atoms with van der Waals surface area (Å²) in [6.07, 6.45) is 1.20. The molecule has 15 heavy (non-hydrogen) atoms. The van der Waals surface area contributed by atoms with Gasteiger partial charge in [0.15, 0.2) is 6.61 Å². The van der Waals surface area contributed by atoms with Gasteiger partial charge in [-0.25, -0.2) is 4.39 Å². The minimum atomic E-state index is -0.526. The molecule has 0 radical (unpaired) electrons. The van der Waals surface area contributed by atoms with Crippen molar-refractivity contribution in [3.8, 4) is 5.75 Å². The van der Waals surface area contributed by atoms with Gasteiger partial charge in [0.2, 0.25) is 12.2 Å². The molecule has 0 amide bonds. The fourth-order valence-corrected chi connectivity index (χ4v) is 1.09. The summed E-state index contributed by atoms with van der Waals surface area (Å²) in [5.74, 6) is 0.231. The number of rotatable bonds is 3. The highest BCUT2D eigenvalue weighted by atomic mass is 35.5. The molecule has 1 heterocycles. The normalized spacial score (nSPS) is 10.3. The molecule has 0 N–H and O–H groups in total. The highest BCUT2D eigenvalue weighted by molar-refractivity contribution is 6.30. The second kappa shape index (κ2) is 4.27. The van der Waals surface area contributed by atoms with Crippen LogP contribution in [0, 0.1) is 5.82 Å². The maximum absolute atomic E-state index is 13.0. The molecule has 0 atom stereocenters. The second-order valence-electron chi connectivity index (χ2n) is 2.71. The molecule has 1 aromatic carbocycles. The maximum atomic E-state index is 13.0. The molecule has 0 fully saturated rings. The summed E-state index contributed by atoms with van der Waals surface area (Å²) < 4.78 is 22.7. The molecule has 0 unspecified atom stereocenters. The van der Waals surface area contributed by atoms with E-state index in [2.05, 4.69) is 14.7 Å². The molecule has 2 rings (SSSR count). The molecule has 0 saturated carbocycles. The molecule has 0 saturated heterocycles. The van der Waals surface area contributed by atoms with Crippen molar-refractivity contribution in [1.29, 1.82) is 0 Å². The molecule has 1 aromatic heterocycles. The molecule has 2 aromatic rings. The average molecular weight is 229 g/mol. The van der Waals surface area contributed by atoms with Crippen molar-refractivity contribution in [2.45, 2.75) is 6.61 Å². The first-order chi connectivity index (χ1) is 7.25. The number of benzene rings is 1. The molecule has 0 aliphatic heterocycles. The quantitative estimate of drug-likeness (QED) is 0.810. The maximum Gasteiger partial charge on any atom is 0.213 e. The lowest BCUT2D eigenvalue weighted by Crippen LogP contribution is -1.97. The summed E-state index contributed by atoms with van der Waals surface area (Å²) in [5.41, 5.74) is 0. The summed E-state index contributed by atoms with van der Waals surface area (Å²) in [5, 5.41) is 3.60. The molecule has 78 valence electrons. The molecule has 0 bridgehead atoms. The van der Waals surface area contributed by atoms with Gasteiger partial charge in [0.25, 0.3) is 0 Å². The second-order valence-corrected chi connectivity index (χ2v) is 3.12. The predicted octanol–water partition coefficient (Wildman–Crippen LogP) is 2.44. The smallest absolute Gasteiger partial charge is 0.213 e. The predicted molar refractivity (Wildman–Crippen MR) is 50.0 cm³/mol. The summed E-state index contributed by atoms with van der Waals surface area (Å²) >= 11 is 5.51. The van der Waals surface area contributed by atoms with Crippen LogP contribution < -0.4 is 4.74 Å². The first kappa shape index (κ1) is 9.92. The van der Waals surface area contributed by atoms with Crippen LogP contribution in [-0.2, 0) is 6.61 Å². The van der Waals surface area contributed by atoms with Gasteiger partial charge in [0.05, 0.1) is 5.02 Å². The van der Waals surface area contributed by atoms with Gasteiger partial charge in [-0.05, 0) is 12.1 Å². The van der Waals surface area contributed by atoms with Crippen LogP contribution in [0.5, 0.6) is 5.75 Å². The van der Waals surface area contributed by atoms with Crippen molar-refractivity contribution in [2.24, 2.45) is 0 Å². The van der Waals surface area contributed by atoms with Crippen LogP contribution in [0.2, 0.25) is 5.02 Å². The fraction of sp³-hybridized carbons (Fsp3) is 0.111. The van der Waals surface area contributed by atoms with E-state index >= 15 is 0 Å². The van der Waals surface area contributed by atoms with Crippen LogP contribution in [0.15, 0.2) is 29.1 Å². The van der Waals surface area contributed by atoms with E-state index in [1.807, 2.05) is 0 Å². The van der Waals surface area contributed by atoms with Crippen molar-refractivity contribution < 1.29 is 13.7 Å². The average Bonchev–Trinajstić information content (AvgIpc) is 2.73. The Bertz CT molecular complexity index is 447. The summed E-state index contributed by atoms with van der Waals surface area (Å²) in [7, 11) is 0. The molecular weight excluding hydrogens is 223 g/mol. The Labute approximate surface area is 89.6 Å². The summed E-state index contributed by atoms with van der Waals surface area (Å²) in [6, 6.07) is 4.18. The Hall–Kier alpha value is -1.62. The topological polar surface area (TPSA) is 48.2 Å². The van der Waals surface area contributed by atoms with Crippen LogP contribution in [0.1, 0.15) is 5.82 Å². The zero-order chi connectivity index (χ0) is 10.7. The Morgan fingerprint density at radius 3 is 3.00 bits per heavy atom. The SMILES string of the molecule is Fc1cc(OCc2ncon2)ccc1Cl. The van der Waals surface area contributed by atoms with E-state index < -0.39 is 5.82 Å². The van der Waals surface area contributed by atoms with Crippen molar-refractivity contribution in [3.05, 3.63) is 41.3 Å². The van der Waals surface area contributed by atoms with Crippen LogP contribution >= 0.6 is 11.6 Å². The molecule has 0 spiro atoms. The first-order valence-electron chi connectivity index (χ1n) is 4.09. The van der Waals surface area contributed by atoms with Crippen LogP contribution in [-0.4, -0.2) is 10.1 Å². The molecule has 0 aliphatic carbocycles. The van der Waals surface area contributed by atoms with Crippen molar-refractivity contribution in [3.63, 3.8) is 0 Å². The van der Waals surface area contributed by atoms with Crippen LogP contribution in [0.25, 0.3) is 0 Å². The highest BCUT2D eigenvalue weighted by Crippen LogP contribution is 2.20. The fourth-order valence-electron chi connectivity index (χ4n) is 0.971. The Balaban J connectivity index is 2.02. The minimum Gasteiger partial charge on any atom is -0.485 e. The first-order valence-corrected chi connectivity index (χ1v) is 4.46. The van der Waals surface area contributed by atoms with Crippen molar-refractivity contribution in [2.75, 3.05) is 0 Å². The van der Waals surface area contributed by atoms with Gasteiger partial charge in [-0.1, -0.05) is 16.8 Å². The van der Waals surface area contributed by atoms with Crippen LogP contribution in [0.4, 0.5) is 4.39 Å². The van der Waals surface area contributed by atoms with E-state index in [1.54, 1.807) is 6.07 Å². The molecule has 4 nitrogen and oxygen atoms in total. The minimum absolute atomic E-state index is 0.0573. The third-order valence-corrected chi connectivity index (χ3v) is 1.97. The van der Waals surface area contributed by atoms with E-state index in [0.717, 1.165) is 0 Å². The van der Waals surface area contributed by atoms with Gasteiger partial charge in [-0.2, -0.15) is 4.98 Å². The van der Waals surface area contributed by atoms with Gasteiger partial charge in [0, 0.05) is 6.07 Å². The van der Waals surface area contributed by atoms with E-state index in [-0.39, 0.29) is 11.6 Å². The lowest BCUT2D eigenvalue weighted by atomic mass is 10.3. The van der Waals surface area contributed by atoms with Gasteiger partial charge in [-0.3, -0.25) is 0 Å². The van der Waals surface area contributed by atoms with Gasteiger partial charge in [-0.15, -0.1) is 0 Å². The standard InChI is InChI=1S/C9H6ClFN2O2/c10-7-2-1-6(3-8(7)11)14-4-9-12-5-15-13-9/h1-3,5H,4H2. The third kappa shape index (κ3) is 2.44. The van der Waals surface area contributed by atoms with E-state index in [1.165, 1.54) is 18.5 Å². The van der Waals surface area contributed by atoms with Crippen molar-refractivity contribution in [1.82, 2.24) is 10.1 Å². The largest absolute Gasteiger partial charge is 0.485 e. The number of aromatic nitrogens is 2. The highest BCUT2D eigenvalue weighted by Gasteiger charge is 2.03. The zero-order valence-corrected chi connectivity index (χ0v) is 8.24. The van der Waals surface area contributed by atoms with Gasteiger partial charge < -0.3 is 9.26 Å². The Morgan fingerprint density at radius 2 is 2.33 bits per heavy atom. The van der Waals surface area contributed by atoms with Crippen LogP contribution in [0.3, 0.4) is 0 Å². The molecular formula is C9H6ClFN2O2. The Kier molecular flexibility index (Phi) is 2.82. The molecule has 6 heteroatoms. The van der Waals surface area contributed by atoms with Gasteiger partial charge in [0.1, 0.15) is 11.6 Å². The number of hydrogen-bond acceptors (Lipinski definition) is 4. The number of nitrogens with zero attached hydrogens (tertiary/aromatic N) is 2.